The van der Waals surface area contributed by atoms with E-state index in [-0.39, 0.29) is 5.91 Å². The van der Waals surface area contributed by atoms with Crippen LogP contribution in [0.5, 0.6) is 0 Å². The lowest BCUT2D eigenvalue weighted by atomic mass is 10.3. The fraction of sp³-hybridized carbons (Fsp3) is 0.500. The number of amides is 1. The van der Waals surface area contributed by atoms with Crippen LogP contribution < -0.4 is 5.32 Å². The Morgan fingerprint density at radius 1 is 1.69 bits per heavy atom. The highest BCUT2D eigenvalue weighted by molar-refractivity contribution is 9.09. The number of hydrogen-bond donors (Lipinski definition) is 2. The van der Waals surface area contributed by atoms with Crippen LogP contribution in [0.25, 0.3) is 0 Å². The second-order valence-electron chi connectivity index (χ2n) is 2.62. The van der Waals surface area contributed by atoms with E-state index in [1.807, 2.05) is 0 Å². The molecule has 0 atom stereocenters. The molecule has 0 spiro atoms. The van der Waals surface area contributed by atoms with Crippen molar-refractivity contribution in [3.63, 3.8) is 0 Å². The van der Waals surface area contributed by atoms with E-state index in [0.29, 0.717) is 11.9 Å². The SMILES string of the molecule is O=C(CBr)NCCCc1ncc[nH]1. The number of halogens is 1. The molecule has 13 heavy (non-hydrogen) atoms. The van der Waals surface area contributed by atoms with Gasteiger partial charge >= 0.3 is 0 Å². The van der Waals surface area contributed by atoms with Gasteiger partial charge in [-0.1, -0.05) is 15.9 Å². The zero-order valence-corrected chi connectivity index (χ0v) is 8.80. The first-order chi connectivity index (χ1) is 6.33. The Hall–Kier alpha value is -0.840. The molecule has 0 radical (unpaired) electrons. The lowest BCUT2D eigenvalue weighted by Gasteiger charge is -2.00. The van der Waals surface area contributed by atoms with E-state index in [1.54, 1.807) is 12.4 Å². The van der Waals surface area contributed by atoms with Crippen molar-refractivity contribution in [2.45, 2.75) is 12.8 Å². The van der Waals surface area contributed by atoms with Crippen molar-refractivity contribution in [2.24, 2.45) is 0 Å². The first-order valence-electron chi connectivity index (χ1n) is 4.14. The third-order valence-electron chi connectivity index (χ3n) is 1.59. The number of rotatable bonds is 5. The normalized spacial score (nSPS) is 9.92. The van der Waals surface area contributed by atoms with Crippen molar-refractivity contribution in [3.05, 3.63) is 18.2 Å². The Labute approximate surface area is 85.3 Å². The fourth-order valence-electron chi connectivity index (χ4n) is 0.966. The molecule has 0 saturated heterocycles. The van der Waals surface area contributed by atoms with E-state index >= 15 is 0 Å². The van der Waals surface area contributed by atoms with Crippen molar-refractivity contribution < 1.29 is 4.79 Å². The number of aromatic amines is 1. The van der Waals surface area contributed by atoms with Crippen molar-refractivity contribution in [1.29, 1.82) is 0 Å². The average molecular weight is 246 g/mol. The molecule has 0 aliphatic rings. The Kier molecular flexibility index (Phi) is 4.53. The van der Waals surface area contributed by atoms with Gasteiger partial charge in [0.15, 0.2) is 0 Å². The number of carbonyl (C=O) groups is 1. The molecule has 1 aromatic rings. The molecule has 0 bridgehead atoms. The number of aromatic nitrogens is 2. The summed E-state index contributed by atoms with van der Waals surface area (Å²) in [6.45, 7) is 0.700. The first kappa shape index (κ1) is 10.2. The Morgan fingerprint density at radius 3 is 3.15 bits per heavy atom. The molecule has 0 fully saturated rings. The third-order valence-corrected chi connectivity index (χ3v) is 2.10. The van der Waals surface area contributed by atoms with Gasteiger partial charge in [0, 0.05) is 25.4 Å². The summed E-state index contributed by atoms with van der Waals surface area (Å²) in [5, 5.41) is 3.14. The predicted octanol–water partition coefficient (Wildman–Crippen LogP) is 0.853. The number of alkyl halides is 1. The molecule has 0 aliphatic heterocycles. The highest BCUT2D eigenvalue weighted by Crippen LogP contribution is 1.93. The van der Waals surface area contributed by atoms with E-state index in [1.165, 1.54) is 0 Å². The maximum Gasteiger partial charge on any atom is 0.230 e. The minimum absolute atomic E-state index is 0.0273. The molecule has 1 amide bonds. The summed E-state index contributed by atoms with van der Waals surface area (Å²) in [5.74, 6) is 0.993. The number of H-pyrrole nitrogens is 1. The summed E-state index contributed by atoms with van der Waals surface area (Å²) in [4.78, 5) is 17.9. The lowest BCUT2D eigenvalue weighted by Crippen LogP contribution is -2.25. The number of carbonyl (C=O) groups excluding carboxylic acids is 1. The van der Waals surface area contributed by atoms with Gasteiger partial charge in [-0.25, -0.2) is 4.98 Å². The van der Waals surface area contributed by atoms with Crippen LogP contribution in [0.15, 0.2) is 12.4 Å². The van der Waals surface area contributed by atoms with Gasteiger partial charge in [-0.2, -0.15) is 0 Å². The molecule has 5 heteroatoms. The predicted molar refractivity (Wildman–Crippen MR) is 53.7 cm³/mol. The third kappa shape index (κ3) is 4.07. The molecule has 2 N–H and O–H groups in total. The van der Waals surface area contributed by atoms with Gasteiger partial charge in [-0.05, 0) is 6.42 Å². The van der Waals surface area contributed by atoms with E-state index in [0.717, 1.165) is 18.7 Å². The Bertz CT molecular complexity index is 248. The van der Waals surface area contributed by atoms with E-state index in [2.05, 4.69) is 31.2 Å². The maximum atomic E-state index is 10.8. The topological polar surface area (TPSA) is 57.8 Å². The van der Waals surface area contributed by atoms with Gasteiger partial charge in [-0.3, -0.25) is 4.79 Å². The van der Waals surface area contributed by atoms with Crippen LogP contribution in [0.3, 0.4) is 0 Å². The first-order valence-corrected chi connectivity index (χ1v) is 5.26. The van der Waals surface area contributed by atoms with Crippen LogP contribution in [-0.4, -0.2) is 27.7 Å². The molecule has 0 unspecified atom stereocenters. The molecular weight excluding hydrogens is 234 g/mol. The molecule has 1 rings (SSSR count). The monoisotopic (exact) mass is 245 g/mol. The van der Waals surface area contributed by atoms with Crippen LogP contribution >= 0.6 is 15.9 Å². The summed E-state index contributed by atoms with van der Waals surface area (Å²) in [5.41, 5.74) is 0. The number of nitrogens with one attached hydrogen (secondary N) is 2. The quantitative estimate of drug-likeness (QED) is 0.597. The number of hydrogen-bond acceptors (Lipinski definition) is 2. The lowest BCUT2D eigenvalue weighted by molar-refractivity contribution is -0.118. The van der Waals surface area contributed by atoms with E-state index in [9.17, 15) is 4.79 Å². The van der Waals surface area contributed by atoms with Crippen LogP contribution in [0.1, 0.15) is 12.2 Å². The average Bonchev–Trinajstić information content (AvgIpc) is 2.64. The standard InChI is InChI=1S/C8H12BrN3O/c9-6-8(13)12-3-1-2-7-10-4-5-11-7/h4-5H,1-3,6H2,(H,10,11)(H,12,13). The largest absolute Gasteiger partial charge is 0.355 e. The van der Waals surface area contributed by atoms with E-state index < -0.39 is 0 Å². The van der Waals surface area contributed by atoms with Crippen LogP contribution in [0.2, 0.25) is 0 Å². The molecule has 4 nitrogen and oxygen atoms in total. The van der Waals surface area contributed by atoms with E-state index in [4.69, 9.17) is 0 Å². The van der Waals surface area contributed by atoms with Gasteiger partial charge in [0.2, 0.25) is 5.91 Å². The second kappa shape index (κ2) is 5.75. The van der Waals surface area contributed by atoms with Crippen molar-refractivity contribution in [1.82, 2.24) is 15.3 Å². The Balaban J connectivity index is 2.05. The molecular formula is C8H12BrN3O. The number of aryl methyl sites for hydroxylation is 1. The molecule has 1 heterocycles. The van der Waals surface area contributed by atoms with Crippen LogP contribution in [0, 0.1) is 0 Å². The van der Waals surface area contributed by atoms with Crippen molar-refractivity contribution >= 4 is 21.8 Å². The minimum Gasteiger partial charge on any atom is -0.355 e. The summed E-state index contributed by atoms with van der Waals surface area (Å²) in [6, 6.07) is 0. The number of nitrogens with zero attached hydrogens (tertiary/aromatic N) is 1. The zero-order valence-electron chi connectivity index (χ0n) is 7.22. The summed E-state index contributed by atoms with van der Waals surface area (Å²) in [7, 11) is 0. The molecule has 1 aromatic heterocycles. The van der Waals surface area contributed by atoms with Crippen LogP contribution in [0.4, 0.5) is 0 Å². The molecule has 0 aromatic carbocycles. The highest BCUT2D eigenvalue weighted by Gasteiger charge is 1.97. The Morgan fingerprint density at radius 2 is 2.54 bits per heavy atom. The minimum atomic E-state index is 0.0273. The van der Waals surface area contributed by atoms with Gasteiger partial charge in [-0.15, -0.1) is 0 Å². The van der Waals surface area contributed by atoms with Crippen molar-refractivity contribution in [2.75, 3.05) is 11.9 Å². The highest BCUT2D eigenvalue weighted by atomic mass is 79.9. The van der Waals surface area contributed by atoms with Gasteiger partial charge in [0.1, 0.15) is 5.82 Å². The van der Waals surface area contributed by atoms with Gasteiger partial charge < -0.3 is 10.3 Å². The van der Waals surface area contributed by atoms with Crippen LogP contribution in [-0.2, 0) is 11.2 Å². The summed E-state index contributed by atoms with van der Waals surface area (Å²) in [6.07, 6.45) is 5.31. The molecule has 0 aliphatic carbocycles. The zero-order chi connectivity index (χ0) is 9.52. The summed E-state index contributed by atoms with van der Waals surface area (Å²) < 4.78 is 0. The number of imidazole rings is 1. The van der Waals surface area contributed by atoms with Gasteiger partial charge in [0.25, 0.3) is 0 Å². The molecule has 72 valence electrons. The second-order valence-corrected chi connectivity index (χ2v) is 3.18. The fourth-order valence-corrected chi connectivity index (χ4v) is 1.16. The van der Waals surface area contributed by atoms with Gasteiger partial charge in [0.05, 0.1) is 5.33 Å². The molecule has 0 saturated carbocycles. The summed E-state index contributed by atoms with van der Waals surface area (Å²) >= 11 is 3.08. The maximum absolute atomic E-state index is 10.8. The van der Waals surface area contributed by atoms with Crippen molar-refractivity contribution in [3.8, 4) is 0 Å². The smallest absolute Gasteiger partial charge is 0.230 e.